The first-order valence-electron chi connectivity index (χ1n) is 8.87. The van der Waals surface area contributed by atoms with E-state index < -0.39 is 0 Å². The van der Waals surface area contributed by atoms with Crippen molar-refractivity contribution in [2.45, 2.75) is 31.3 Å². The van der Waals surface area contributed by atoms with Gasteiger partial charge in [0.05, 0.1) is 29.5 Å². The largest absolute Gasteiger partial charge is 0.468 e. The third-order valence-electron chi connectivity index (χ3n) is 4.62. The number of carbonyl (C=O) groups is 1. The van der Waals surface area contributed by atoms with Crippen molar-refractivity contribution >= 4 is 28.6 Å². The first-order valence-corrected chi connectivity index (χ1v) is 9.85. The molecule has 0 saturated heterocycles. The smallest absolute Gasteiger partial charge is 0.316 e. The van der Waals surface area contributed by atoms with E-state index >= 15 is 0 Å². The summed E-state index contributed by atoms with van der Waals surface area (Å²) in [6.45, 7) is 4.33. The highest BCUT2D eigenvalue weighted by Gasteiger charge is 2.15. The van der Waals surface area contributed by atoms with Gasteiger partial charge in [-0.3, -0.25) is 14.2 Å². The lowest BCUT2D eigenvalue weighted by Crippen LogP contribution is -2.22. The summed E-state index contributed by atoms with van der Waals surface area (Å²) in [6.07, 6.45) is 1.05. The van der Waals surface area contributed by atoms with E-state index in [1.807, 2.05) is 36.4 Å². The first kappa shape index (κ1) is 19.2. The van der Waals surface area contributed by atoms with Gasteiger partial charge in [0, 0.05) is 0 Å². The number of rotatable bonds is 6. The van der Waals surface area contributed by atoms with E-state index in [0.29, 0.717) is 22.0 Å². The van der Waals surface area contributed by atoms with Crippen molar-refractivity contribution in [1.29, 1.82) is 0 Å². The Balaban J connectivity index is 2.12. The van der Waals surface area contributed by atoms with Crippen LogP contribution < -0.4 is 5.56 Å². The van der Waals surface area contributed by atoms with Crippen molar-refractivity contribution in [2.24, 2.45) is 0 Å². The molecule has 0 aliphatic heterocycles. The van der Waals surface area contributed by atoms with Gasteiger partial charge in [-0.25, -0.2) is 4.98 Å². The van der Waals surface area contributed by atoms with Crippen molar-refractivity contribution < 1.29 is 9.53 Å². The van der Waals surface area contributed by atoms with Gasteiger partial charge in [0.1, 0.15) is 0 Å². The molecule has 0 spiro atoms. The molecule has 3 rings (SSSR count). The number of carbonyl (C=O) groups excluding carboxylic acids is 1. The lowest BCUT2D eigenvalue weighted by atomic mass is 9.98. The van der Waals surface area contributed by atoms with Crippen LogP contribution in [0.3, 0.4) is 0 Å². The van der Waals surface area contributed by atoms with Crippen LogP contribution in [0.25, 0.3) is 16.6 Å². The molecule has 1 unspecified atom stereocenters. The maximum atomic E-state index is 13.1. The molecule has 1 heterocycles. The fraction of sp³-hybridized carbons (Fsp3) is 0.286. The topological polar surface area (TPSA) is 61.2 Å². The van der Waals surface area contributed by atoms with Crippen molar-refractivity contribution in [3.8, 4) is 5.69 Å². The zero-order chi connectivity index (χ0) is 19.4. The Morgan fingerprint density at radius 1 is 1.19 bits per heavy atom. The number of para-hydroxylation sites is 1. The molecular weight excluding hydrogens is 360 g/mol. The summed E-state index contributed by atoms with van der Waals surface area (Å²) in [5, 5.41) is 1.02. The zero-order valence-corrected chi connectivity index (χ0v) is 16.5. The van der Waals surface area contributed by atoms with Crippen LogP contribution in [0.1, 0.15) is 31.7 Å². The van der Waals surface area contributed by atoms with Crippen LogP contribution in [0.4, 0.5) is 0 Å². The van der Waals surface area contributed by atoms with E-state index in [1.54, 1.807) is 16.7 Å². The van der Waals surface area contributed by atoms with E-state index in [-0.39, 0.29) is 17.3 Å². The molecule has 0 N–H and O–H groups in total. The first-order chi connectivity index (χ1) is 13.0. The summed E-state index contributed by atoms with van der Waals surface area (Å²) >= 11 is 1.20. The summed E-state index contributed by atoms with van der Waals surface area (Å²) in [5.74, 6) is 0.187. The molecule has 2 aromatic carbocycles. The predicted octanol–water partition coefficient (Wildman–Crippen LogP) is 4.16. The Morgan fingerprint density at radius 2 is 1.89 bits per heavy atom. The van der Waals surface area contributed by atoms with Gasteiger partial charge in [0.2, 0.25) is 0 Å². The third kappa shape index (κ3) is 4.06. The average molecular weight is 382 g/mol. The van der Waals surface area contributed by atoms with Crippen LogP contribution in [-0.2, 0) is 9.53 Å². The minimum atomic E-state index is -0.360. The van der Waals surface area contributed by atoms with Crippen molar-refractivity contribution in [3.05, 3.63) is 64.4 Å². The SMILES string of the molecule is CCC(C)c1ccc(-n2c(SCC(=O)OC)nc3ccccc3c2=O)cc1. The van der Waals surface area contributed by atoms with E-state index in [1.165, 1.54) is 24.4 Å². The monoisotopic (exact) mass is 382 g/mol. The normalized spacial score (nSPS) is 12.1. The fourth-order valence-corrected chi connectivity index (χ4v) is 3.65. The second-order valence-electron chi connectivity index (χ2n) is 6.32. The number of hydrogen-bond donors (Lipinski definition) is 0. The number of nitrogens with zero attached hydrogens (tertiary/aromatic N) is 2. The van der Waals surface area contributed by atoms with Crippen molar-refractivity contribution in [3.63, 3.8) is 0 Å². The van der Waals surface area contributed by atoms with Gasteiger partial charge in [0.25, 0.3) is 5.56 Å². The highest BCUT2D eigenvalue weighted by Crippen LogP contribution is 2.24. The molecule has 5 nitrogen and oxygen atoms in total. The Morgan fingerprint density at radius 3 is 2.56 bits per heavy atom. The molecule has 0 radical (unpaired) electrons. The summed E-state index contributed by atoms with van der Waals surface area (Å²) in [4.78, 5) is 29.3. The Hall–Kier alpha value is -2.60. The number of hydrogen-bond acceptors (Lipinski definition) is 5. The highest BCUT2D eigenvalue weighted by molar-refractivity contribution is 7.99. The van der Waals surface area contributed by atoms with Crippen LogP contribution in [0.5, 0.6) is 0 Å². The zero-order valence-electron chi connectivity index (χ0n) is 15.6. The summed E-state index contributed by atoms with van der Waals surface area (Å²) < 4.78 is 6.28. The van der Waals surface area contributed by atoms with E-state index in [9.17, 15) is 9.59 Å². The van der Waals surface area contributed by atoms with Gasteiger partial charge >= 0.3 is 5.97 Å². The molecule has 0 saturated carbocycles. The number of benzene rings is 2. The average Bonchev–Trinajstić information content (AvgIpc) is 2.71. The number of esters is 1. The second-order valence-corrected chi connectivity index (χ2v) is 7.26. The van der Waals surface area contributed by atoms with Crippen LogP contribution in [0.15, 0.2) is 58.5 Å². The molecule has 1 aromatic heterocycles. The molecule has 140 valence electrons. The molecule has 27 heavy (non-hydrogen) atoms. The van der Waals surface area contributed by atoms with Gasteiger partial charge in [-0.2, -0.15) is 0 Å². The molecular formula is C21H22N2O3S. The molecule has 1 atom stereocenters. The van der Waals surface area contributed by atoms with E-state index in [0.717, 1.165) is 12.1 Å². The van der Waals surface area contributed by atoms with Gasteiger partial charge in [0.15, 0.2) is 5.16 Å². The van der Waals surface area contributed by atoms with Gasteiger partial charge in [-0.1, -0.05) is 49.9 Å². The molecule has 0 bridgehead atoms. The van der Waals surface area contributed by atoms with Gasteiger partial charge < -0.3 is 4.74 Å². The molecule has 0 aliphatic rings. The summed E-state index contributed by atoms with van der Waals surface area (Å²) in [5.41, 5.74) is 2.43. The highest BCUT2D eigenvalue weighted by atomic mass is 32.2. The minimum absolute atomic E-state index is 0.0895. The fourth-order valence-electron chi connectivity index (χ4n) is 2.81. The third-order valence-corrected chi connectivity index (χ3v) is 5.54. The number of aromatic nitrogens is 2. The van der Waals surface area contributed by atoms with Gasteiger partial charge in [-0.05, 0) is 42.2 Å². The van der Waals surface area contributed by atoms with Crippen LogP contribution in [0.2, 0.25) is 0 Å². The Kier molecular flexibility index (Phi) is 5.96. The molecule has 0 amide bonds. The molecule has 0 fully saturated rings. The maximum absolute atomic E-state index is 13.1. The van der Waals surface area contributed by atoms with Crippen molar-refractivity contribution in [1.82, 2.24) is 9.55 Å². The quantitative estimate of drug-likeness (QED) is 0.364. The molecule has 3 aromatic rings. The van der Waals surface area contributed by atoms with Crippen LogP contribution in [0, 0.1) is 0 Å². The Labute approximate surface area is 162 Å². The lowest BCUT2D eigenvalue weighted by molar-refractivity contribution is -0.137. The predicted molar refractivity (Wildman–Crippen MR) is 109 cm³/mol. The standard InChI is InChI=1S/C21H22N2O3S/c1-4-14(2)15-9-11-16(12-10-15)23-20(25)17-7-5-6-8-18(17)22-21(23)27-13-19(24)26-3/h5-12,14H,4,13H2,1-3H3. The Bertz CT molecular complexity index is 1010. The number of ether oxygens (including phenoxy) is 1. The number of thioether (sulfide) groups is 1. The van der Waals surface area contributed by atoms with E-state index in [2.05, 4.69) is 18.8 Å². The minimum Gasteiger partial charge on any atom is -0.468 e. The number of methoxy groups -OCH3 is 1. The second kappa shape index (κ2) is 8.39. The van der Waals surface area contributed by atoms with E-state index in [4.69, 9.17) is 4.74 Å². The maximum Gasteiger partial charge on any atom is 0.316 e. The summed E-state index contributed by atoms with van der Waals surface area (Å²) in [6, 6.07) is 15.2. The van der Waals surface area contributed by atoms with Crippen LogP contribution >= 0.6 is 11.8 Å². The lowest BCUT2D eigenvalue weighted by Gasteiger charge is -2.14. The van der Waals surface area contributed by atoms with Gasteiger partial charge in [-0.15, -0.1) is 0 Å². The summed E-state index contributed by atoms with van der Waals surface area (Å²) in [7, 11) is 1.34. The van der Waals surface area contributed by atoms with Crippen molar-refractivity contribution in [2.75, 3.05) is 12.9 Å². The molecule has 6 heteroatoms. The number of fused-ring (bicyclic) bond motifs is 1. The molecule has 0 aliphatic carbocycles. The van der Waals surface area contributed by atoms with Crippen LogP contribution in [-0.4, -0.2) is 28.4 Å².